The number of ether oxygens (including phenoxy) is 2. The van der Waals surface area contributed by atoms with Crippen molar-refractivity contribution in [2.24, 2.45) is 0 Å². The molecule has 1 aromatic carbocycles. The molecule has 0 aliphatic carbocycles. The van der Waals surface area contributed by atoms with Crippen molar-refractivity contribution >= 4 is 5.91 Å². The third-order valence-corrected chi connectivity index (χ3v) is 2.94. The molecular weight excluding hydrogens is 270 g/mol. The summed E-state index contributed by atoms with van der Waals surface area (Å²) in [4.78, 5) is 20.4. The Morgan fingerprint density at radius 3 is 2.67 bits per heavy atom. The van der Waals surface area contributed by atoms with Crippen LogP contribution in [0.15, 0.2) is 30.6 Å². The number of nitrogens with zero attached hydrogens (tertiary/aromatic N) is 2. The highest BCUT2D eigenvalue weighted by Crippen LogP contribution is 2.23. The van der Waals surface area contributed by atoms with Crippen LogP contribution in [-0.4, -0.2) is 30.1 Å². The van der Waals surface area contributed by atoms with Gasteiger partial charge >= 0.3 is 0 Å². The van der Waals surface area contributed by atoms with Crippen LogP contribution in [0.5, 0.6) is 11.5 Å². The lowest BCUT2D eigenvalue weighted by Crippen LogP contribution is -2.24. The van der Waals surface area contributed by atoms with Crippen molar-refractivity contribution in [2.45, 2.75) is 13.5 Å². The van der Waals surface area contributed by atoms with Crippen LogP contribution in [0.1, 0.15) is 21.7 Å². The van der Waals surface area contributed by atoms with Crippen LogP contribution in [-0.2, 0) is 6.54 Å². The van der Waals surface area contributed by atoms with Gasteiger partial charge in [-0.05, 0) is 31.2 Å². The second-order valence-corrected chi connectivity index (χ2v) is 4.40. The number of hydrogen-bond donors (Lipinski definition) is 1. The second kappa shape index (κ2) is 6.69. The number of nitrogens with one attached hydrogen (secondary N) is 1. The summed E-state index contributed by atoms with van der Waals surface area (Å²) in [5.74, 6) is 0.841. The van der Waals surface area contributed by atoms with Crippen molar-refractivity contribution in [2.75, 3.05) is 14.2 Å². The Labute approximate surface area is 123 Å². The first-order chi connectivity index (χ1) is 10.1. The molecule has 0 aliphatic rings. The van der Waals surface area contributed by atoms with Gasteiger partial charge in [0, 0.05) is 5.69 Å². The standard InChI is InChI=1S/C15H17N3O3/c1-10-6-11(18-9-17-10)8-16-15(19)13-7-12(20-2)4-5-14(13)21-3/h4-7,9H,8H2,1-3H3,(H,16,19). The number of amides is 1. The molecule has 110 valence electrons. The van der Waals surface area contributed by atoms with E-state index < -0.39 is 0 Å². The molecule has 0 bridgehead atoms. The first-order valence-electron chi connectivity index (χ1n) is 6.41. The van der Waals surface area contributed by atoms with E-state index in [0.29, 0.717) is 23.6 Å². The summed E-state index contributed by atoms with van der Waals surface area (Å²) in [5, 5.41) is 2.80. The summed E-state index contributed by atoms with van der Waals surface area (Å²) in [6.45, 7) is 2.20. The summed E-state index contributed by atoms with van der Waals surface area (Å²) in [5.41, 5.74) is 2.02. The Kier molecular flexibility index (Phi) is 4.71. The molecule has 2 rings (SSSR count). The highest BCUT2D eigenvalue weighted by molar-refractivity contribution is 5.97. The maximum Gasteiger partial charge on any atom is 0.255 e. The number of rotatable bonds is 5. The SMILES string of the molecule is COc1ccc(OC)c(C(=O)NCc2cc(C)ncn2)c1. The topological polar surface area (TPSA) is 73.3 Å². The molecule has 6 heteroatoms. The first-order valence-corrected chi connectivity index (χ1v) is 6.41. The van der Waals surface area contributed by atoms with Crippen molar-refractivity contribution in [3.8, 4) is 11.5 Å². The lowest BCUT2D eigenvalue weighted by atomic mass is 10.1. The Hall–Kier alpha value is -2.63. The van der Waals surface area contributed by atoms with Gasteiger partial charge in [0.15, 0.2) is 0 Å². The van der Waals surface area contributed by atoms with Gasteiger partial charge in [-0.3, -0.25) is 4.79 Å². The zero-order valence-electron chi connectivity index (χ0n) is 12.2. The Balaban J connectivity index is 2.12. The van der Waals surface area contributed by atoms with Crippen LogP contribution >= 0.6 is 0 Å². The molecule has 1 heterocycles. The number of carbonyl (C=O) groups is 1. The third-order valence-electron chi connectivity index (χ3n) is 2.94. The van der Waals surface area contributed by atoms with Crippen molar-refractivity contribution in [3.05, 3.63) is 47.5 Å². The van der Waals surface area contributed by atoms with Crippen molar-refractivity contribution in [1.82, 2.24) is 15.3 Å². The smallest absolute Gasteiger partial charge is 0.255 e. The van der Waals surface area contributed by atoms with E-state index in [4.69, 9.17) is 9.47 Å². The molecule has 1 N–H and O–H groups in total. The van der Waals surface area contributed by atoms with Gasteiger partial charge in [0.2, 0.25) is 0 Å². The van der Waals surface area contributed by atoms with E-state index in [1.807, 2.05) is 13.0 Å². The molecule has 0 saturated carbocycles. The number of benzene rings is 1. The molecule has 1 aromatic heterocycles. The van der Waals surface area contributed by atoms with Crippen LogP contribution in [0.3, 0.4) is 0 Å². The minimum Gasteiger partial charge on any atom is -0.497 e. The van der Waals surface area contributed by atoms with Gasteiger partial charge in [0.25, 0.3) is 5.91 Å². The van der Waals surface area contributed by atoms with Crippen molar-refractivity contribution < 1.29 is 14.3 Å². The molecule has 0 fully saturated rings. The number of methoxy groups -OCH3 is 2. The van der Waals surface area contributed by atoms with E-state index in [-0.39, 0.29) is 5.91 Å². The van der Waals surface area contributed by atoms with Gasteiger partial charge in [-0.25, -0.2) is 9.97 Å². The molecule has 2 aromatic rings. The summed E-state index contributed by atoms with van der Waals surface area (Å²) in [6.07, 6.45) is 1.48. The van der Waals surface area contributed by atoms with Crippen LogP contribution in [0, 0.1) is 6.92 Å². The summed E-state index contributed by atoms with van der Waals surface area (Å²) < 4.78 is 10.3. The van der Waals surface area contributed by atoms with Crippen molar-refractivity contribution in [1.29, 1.82) is 0 Å². The van der Waals surface area contributed by atoms with Crippen LogP contribution in [0.25, 0.3) is 0 Å². The molecule has 21 heavy (non-hydrogen) atoms. The zero-order valence-corrected chi connectivity index (χ0v) is 12.2. The van der Waals surface area contributed by atoms with Crippen LogP contribution in [0.2, 0.25) is 0 Å². The molecule has 0 aliphatic heterocycles. The Morgan fingerprint density at radius 2 is 2.00 bits per heavy atom. The van der Waals surface area contributed by atoms with E-state index in [1.54, 1.807) is 25.3 Å². The highest BCUT2D eigenvalue weighted by Gasteiger charge is 2.13. The predicted molar refractivity (Wildman–Crippen MR) is 77.5 cm³/mol. The first kappa shape index (κ1) is 14.8. The average Bonchev–Trinajstić information content (AvgIpc) is 2.52. The quantitative estimate of drug-likeness (QED) is 0.906. The molecule has 0 spiro atoms. The van der Waals surface area contributed by atoms with Gasteiger partial charge in [0.05, 0.1) is 32.0 Å². The molecular formula is C15H17N3O3. The van der Waals surface area contributed by atoms with Gasteiger partial charge < -0.3 is 14.8 Å². The maximum absolute atomic E-state index is 12.3. The Bertz CT molecular complexity index is 644. The van der Waals surface area contributed by atoms with Gasteiger partial charge in [0.1, 0.15) is 17.8 Å². The predicted octanol–water partition coefficient (Wildman–Crippen LogP) is 1.73. The lowest BCUT2D eigenvalue weighted by Gasteiger charge is -2.10. The minimum absolute atomic E-state index is 0.248. The second-order valence-electron chi connectivity index (χ2n) is 4.40. The number of aromatic nitrogens is 2. The van der Waals surface area contributed by atoms with Gasteiger partial charge in [-0.1, -0.05) is 0 Å². The van der Waals surface area contributed by atoms with Crippen LogP contribution < -0.4 is 14.8 Å². The fraction of sp³-hybridized carbons (Fsp3) is 0.267. The molecule has 0 atom stereocenters. The van der Waals surface area contributed by atoms with Gasteiger partial charge in [-0.15, -0.1) is 0 Å². The summed E-state index contributed by atoms with van der Waals surface area (Å²) in [6, 6.07) is 6.90. The maximum atomic E-state index is 12.3. The normalized spacial score (nSPS) is 10.0. The summed E-state index contributed by atoms with van der Waals surface area (Å²) >= 11 is 0. The van der Waals surface area contributed by atoms with Crippen molar-refractivity contribution in [3.63, 3.8) is 0 Å². The highest BCUT2D eigenvalue weighted by atomic mass is 16.5. The molecule has 1 amide bonds. The van der Waals surface area contributed by atoms with E-state index in [9.17, 15) is 4.79 Å². The minimum atomic E-state index is -0.248. The third kappa shape index (κ3) is 3.68. The number of carbonyl (C=O) groups excluding carboxylic acids is 1. The number of aryl methyl sites for hydroxylation is 1. The fourth-order valence-corrected chi connectivity index (χ4v) is 1.86. The molecule has 0 saturated heterocycles. The number of hydrogen-bond acceptors (Lipinski definition) is 5. The van der Waals surface area contributed by atoms with E-state index in [1.165, 1.54) is 13.4 Å². The van der Waals surface area contributed by atoms with Gasteiger partial charge in [-0.2, -0.15) is 0 Å². The zero-order chi connectivity index (χ0) is 15.2. The monoisotopic (exact) mass is 287 g/mol. The Morgan fingerprint density at radius 1 is 1.19 bits per heavy atom. The molecule has 0 radical (unpaired) electrons. The van der Waals surface area contributed by atoms with E-state index in [2.05, 4.69) is 15.3 Å². The summed E-state index contributed by atoms with van der Waals surface area (Å²) in [7, 11) is 3.07. The van der Waals surface area contributed by atoms with E-state index in [0.717, 1.165) is 11.4 Å². The average molecular weight is 287 g/mol. The largest absolute Gasteiger partial charge is 0.497 e. The molecule has 6 nitrogen and oxygen atoms in total. The molecule has 0 unspecified atom stereocenters. The fourth-order valence-electron chi connectivity index (χ4n) is 1.86. The van der Waals surface area contributed by atoms with Crippen LogP contribution in [0.4, 0.5) is 0 Å². The van der Waals surface area contributed by atoms with E-state index >= 15 is 0 Å². The lowest BCUT2D eigenvalue weighted by molar-refractivity contribution is 0.0947.